The van der Waals surface area contributed by atoms with Crippen molar-refractivity contribution in [3.8, 4) is 5.75 Å². The zero-order chi connectivity index (χ0) is 27.8. The van der Waals surface area contributed by atoms with Crippen LogP contribution in [0.5, 0.6) is 5.75 Å². The van der Waals surface area contributed by atoms with E-state index in [0.717, 1.165) is 71.3 Å². The molecule has 0 aliphatic carbocycles. The van der Waals surface area contributed by atoms with Gasteiger partial charge in [0.05, 0.1) is 13.5 Å². The average Bonchev–Trinajstić information content (AvgIpc) is 3.38. The monoisotopic (exact) mass is 539 g/mol. The zero-order valence-electron chi connectivity index (χ0n) is 22.9. The number of hydrogen-bond acceptors (Lipinski definition) is 6. The molecule has 9 heteroatoms. The molecule has 9 bridgehead atoms. The molecular formula is C31H33N5O4. The number of carboxylic acids is 1. The smallest absolute Gasteiger partial charge is 0.304 e. The number of hydrogen-bond donors (Lipinski definition) is 1. The molecule has 5 aliphatic heterocycles. The van der Waals surface area contributed by atoms with E-state index in [9.17, 15) is 14.7 Å². The first-order chi connectivity index (χ1) is 19.4. The number of aryl methyl sites for hydroxylation is 3. The highest BCUT2D eigenvalue weighted by Crippen LogP contribution is 2.35. The number of carboxylic acid groups (broad SMARTS) is 1. The van der Waals surface area contributed by atoms with Crippen LogP contribution in [-0.2, 0) is 30.7 Å². The second-order valence-electron chi connectivity index (χ2n) is 10.8. The van der Waals surface area contributed by atoms with Gasteiger partial charge in [0.2, 0.25) is 0 Å². The molecule has 9 rings (SSSR count). The Labute approximate surface area is 232 Å². The third-order valence-corrected chi connectivity index (χ3v) is 8.36. The number of methoxy groups -OCH3 is 1. The lowest BCUT2D eigenvalue weighted by atomic mass is 9.84. The maximum atomic E-state index is 13.6. The number of ether oxygens (including phenoxy) is 1. The molecule has 2 aromatic carbocycles. The Morgan fingerprint density at radius 1 is 1.05 bits per heavy atom. The van der Waals surface area contributed by atoms with Crippen LogP contribution in [0.15, 0.2) is 42.6 Å². The lowest BCUT2D eigenvalue weighted by Crippen LogP contribution is -2.36. The number of carbonyl (C=O) groups excluding carboxylic acids is 1. The molecular weight excluding hydrogens is 506 g/mol. The van der Waals surface area contributed by atoms with Gasteiger partial charge in [-0.3, -0.25) is 9.59 Å². The molecule has 1 atom stereocenters. The standard InChI is InChI=1S/C31H33N5O4/c1-19-26-17-32-30-29(19)33-34-36(30)12-5-3-4-6-21-8-10-23(15-27(21)40-2)31(39)35-13-11-20-7-9-22(14-24(20)18-35)25(26)16-28(37)38/h7-10,14-15,17,25H,3-6,11-13,16,18H2,1-2H3,(H,37,38)/t25-/m0/s1. The minimum Gasteiger partial charge on any atom is -0.496 e. The number of aliphatic carboxylic acids is 1. The van der Waals surface area contributed by atoms with Crippen LogP contribution in [0.3, 0.4) is 0 Å². The summed E-state index contributed by atoms with van der Waals surface area (Å²) in [6.45, 7) is 3.77. The lowest BCUT2D eigenvalue weighted by Gasteiger charge is -2.30. The van der Waals surface area contributed by atoms with E-state index in [-0.39, 0.29) is 12.3 Å². The third-order valence-electron chi connectivity index (χ3n) is 8.36. The van der Waals surface area contributed by atoms with Gasteiger partial charge in [0.15, 0.2) is 5.65 Å². The van der Waals surface area contributed by atoms with E-state index < -0.39 is 11.9 Å². The van der Waals surface area contributed by atoms with Crippen LogP contribution >= 0.6 is 0 Å². The van der Waals surface area contributed by atoms with E-state index in [2.05, 4.69) is 22.4 Å². The molecule has 0 saturated carbocycles. The summed E-state index contributed by atoms with van der Waals surface area (Å²) in [6.07, 6.45) is 6.22. The van der Waals surface area contributed by atoms with Gasteiger partial charge in [0.25, 0.3) is 5.91 Å². The normalized spacial score (nSPS) is 17.5. The second-order valence-corrected chi connectivity index (χ2v) is 10.8. The largest absolute Gasteiger partial charge is 0.496 e. The van der Waals surface area contributed by atoms with Gasteiger partial charge in [-0.25, -0.2) is 9.67 Å². The predicted octanol–water partition coefficient (Wildman–Crippen LogP) is 4.67. The molecule has 206 valence electrons. The van der Waals surface area contributed by atoms with E-state index >= 15 is 0 Å². The fourth-order valence-corrected chi connectivity index (χ4v) is 6.11. The van der Waals surface area contributed by atoms with Crippen molar-refractivity contribution in [2.75, 3.05) is 13.7 Å². The number of carbonyl (C=O) groups is 2. The fraction of sp³-hybridized carbons (Fsp3) is 0.387. The first-order valence-corrected chi connectivity index (χ1v) is 13.9. The SMILES string of the molecule is COc1cc2ccc1CCCCCn1nnc3c(C)c(cnc31)[C@@H](CC(=O)O)c1ccc3c(c1)CN(CC3)C2=O. The Bertz CT molecular complexity index is 1610. The van der Waals surface area contributed by atoms with E-state index in [0.29, 0.717) is 30.7 Å². The summed E-state index contributed by atoms with van der Waals surface area (Å²) < 4.78 is 7.52. The summed E-state index contributed by atoms with van der Waals surface area (Å²) in [4.78, 5) is 32.2. The van der Waals surface area contributed by atoms with Crippen molar-refractivity contribution in [3.63, 3.8) is 0 Å². The zero-order valence-corrected chi connectivity index (χ0v) is 22.9. The summed E-state index contributed by atoms with van der Waals surface area (Å²) in [5.74, 6) is -0.570. The van der Waals surface area contributed by atoms with Crippen LogP contribution < -0.4 is 4.74 Å². The Hall–Kier alpha value is -4.27. The lowest BCUT2D eigenvalue weighted by molar-refractivity contribution is -0.137. The molecule has 7 heterocycles. The maximum Gasteiger partial charge on any atom is 0.304 e. The quantitative estimate of drug-likeness (QED) is 0.403. The summed E-state index contributed by atoms with van der Waals surface area (Å²) in [6, 6.07) is 11.9. The number of nitrogens with zero attached hydrogens (tertiary/aromatic N) is 5. The summed E-state index contributed by atoms with van der Waals surface area (Å²) >= 11 is 0. The number of rotatable bonds is 3. The Morgan fingerprint density at radius 2 is 1.90 bits per heavy atom. The topological polar surface area (TPSA) is 110 Å². The summed E-state index contributed by atoms with van der Waals surface area (Å²) in [7, 11) is 1.65. The fourth-order valence-electron chi connectivity index (χ4n) is 6.11. The number of pyridine rings is 1. The van der Waals surface area contributed by atoms with Crippen LogP contribution in [0.1, 0.15) is 75.3 Å². The first kappa shape index (κ1) is 26.0. The second kappa shape index (κ2) is 10.7. The highest BCUT2D eigenvalue weighted by molar-refractivity contribution is 5.95. The van der Waals surface area contributed by atoms with Gasteiger partial charge in [-0.1, -0.05) is 35.9 Å². The van der Waals surface area contributed by atoms with Gasteiger partial charge in [0.1, 0.15) is 11.3 Å². The van der Waals surface area contributed by atoms with Gasteiger partial charge < -0.3 is 14.7 Å². The first-order valence-electron chi connectivity index (χ1n) is 13.9. The summed E-state index contributed by atoms with van der Waals surface area (Å²) in [5, 5.41) is 18.7. The van der Waals surface area contributed by atoms with Gasteiger partial charge in [-0.2, -0.15) is 0 Å². The molecule has 1 N–H and O–H groups in total. The molecule has 0 unspecified atom stereocenters. The van der Waals surface area contributed by atoms with E-state index in [4.69, 9.17) is 9.72 Å². The number of benzene rings is 2. The minimum absolute atomic E-state index is 0.0262. The molecule has 0 radical (unpaired) electrons. The van der Waals surface area contributed by atoms with Crippen molar-refractivity contribution in [3.05, 3.63) is 81.5 Å². The van der Waals surface area contributed by atoms with Crippen LogP contribution in [0.25, 0.3) is 11.2 Å². The van der Waals surface area contributed by atoms with Gasteiger partial charge in [0, 0.05) is 37.3 Å². The highest BCUT2D eigenvalue weighted by atomic mass is 16.5. The van der Waals surface area contributed by atoms with Crippen LogP contribution in [0, 0.1) is 6.92 Å². The van der Waals surface area contributed by atoms with Crippen molar-refractivity contribution >= 4 is 23.0 Å². The minimum atomic E-state index is -0.884. The maximum absolute atomic E-state index is 13.6. The van der Waals surface area contributed by atoms with Gasteiger partial charge in [-0.15, -0.1) is 5.10 Å². The Balaban J connectivity index is 1.45. The highest BCUT2D eigenvalue weighted by Gasteiger charge is 2.27. The molecule has 4 aromatic rings. The van der Waals surface area contributed by atoms with Crippen LogP contribution in [-0.4, -0.2) is 55.5 Å². The van der Waals surface area contributed by atoms with Crippen molar-refractivity contribution in [1.82, 2.24) is 24.9 Å². The average molecular weight is 540 g/mol. The van der Waals surface area contributed by atoms with Crippen molar-refractivity contribution in [2.24, 2.45) is 0 Å². The molecule has 0 spiro atoms. The van der Waals surface area contributed by atoms with E-state index in [1.54, 1.807) is 13.3 Å². The van der Waals surface area contributed by atoms with Crippen molar-refractivity contribution in [1.29, 1.82) is 0 Å². The van der Waals surface area contributed by atoms with E-state index in [1.807, 2.05) is 40.8 Å². The molecule has 2 aromatic heterocycles. The molecule has 9 nitrogen and oxygen atoms in total. The molecule has 0 saturated heterocycles. The molecule has 5 aliphatic rings. The van der Waals surface area contributed by atoms with Gasteiger partial charge >= 0.3 is 5.97 Å². The van der Waals surface area contributed by atoms with Crippen LogP contribution in [0.4, 0.5) is 0 Å². The van der Waals surface area contributed by atoms with Crippen LogP contribution in [0.2, 0.25) is 0 Å². The molecule has 1 amide bonds. The predicted molar refractivity (Wildman–Crippen MR) is 150 cm³/mol. The third kappa shape index (κ3) is 4.80. The van der Waals surface area contributed by atoms with Crippen molar-refractivity contribution in [2.45, 2.75) is 64.5 Å². The Kier molecular flexibility index (Phi) is 6.96. The molecule has 0 fully saturated rings. The number of amides is 1. The number of aromatic nitrogens is 4. The summed E-state index contributed by atoms with van der Waals surface area (Å²) in [5.41, 5.74) is 7.99. The molecule has 40 heavy (non-hydrogen) atoms. The van der Waals surface area contributed by atoms with E-state index in [1.165, 1.54) is 5.56 Å². The Morgan fingerprint density at radius 3 is 2.73 bits per heavy atom. The van der Waals surface area contributed by atoms with Crippen molar-refractivity contribution < 1.29 is 19.4 Å². The van der Waals surface area contributed by atoms with Gasteiger partial charge in [-0.05, 0) is 78.1 Å².